The average molecular weight is 302 g/mol. The first kappa shape index (κ1) is 13.5. The van der Waals surface area contributed by atoms with Crippen molar-refractivity contribution in [3.8, 4) is 16.9 Å². The number of ether oxygens (including phenoxy) is 1. The highest BCUT2D eigenvalue weighted by Gasteiger charge is 2.08. The molecule has 0 amide bonds. The van der Waals surface area contributed by atoms with E-state index in [1.54, 1.807) is 19.2 Å². The fraction of sp³-hybridized carbons (Fsp3) is 0.143. The predicted molar refractivity (Wildman–Crippen MR) is 78.2 cm³/mol. The van der Waals surface area contributed by atoms with Crippen molar-refractivity contribution < 1.29 is 4.74 Å². The Morgan fingerprint density at radius 2 is 1.39 bits per heavy atom. The van der Waals surface area contributed by atoms with Gasteiger partial charge in [0.15, 0.2) is 0 Å². The van der Waals surface area contributed by atoms with E-state index in [9.17, 15) is 0 Å². The number of benzene rings is 2. The molecule has 94 valence electrons. The fourth-order valence-electron chi connectivity index (χ4n) is 1.75. The second-order valence-electron chi connectivity index (χ2n) is 3.99. The van der Waals surface area contributed by atoms with Crippen molar-refractivity contribution in [1.29, 1.82) is 0 Å². The third-order valence-electron chi connectivity index (χ3n) is 2.60. The second kappa shape index (κ2) is 5.40. The third-order valence-corrected chi connectivity index (χ3v) is 3.80. The molecular weight excluding hydrogens is 291 g/mol. The Kier molecular flexibility index (Phi) is 4.06. The monoisotopic (exact) mass is 300 g/mol. The summed E-state index contributed by atoms with van der Waals surface area (Å²) in [5.41, 5.74) is 3.01. The molecule has 0 unspecified atom stereocenters. The van der Waals surface area contributed by atoms with Gasteiger partial charge in [0.1, 0.15) is 5.75 Å². The molecule has 1 nitrogen and oxygen atoms in total. The van der Waals surface area contributed by atoms with Gasteiger partial charge in [-0.2, -0.15) is 0 Å². The summed E-state index contributed by atoms with van der Waals surface area (Å²) in [6, 6.07) is 9.53. The maximum atomic E-state index is 6.03. The molecule has 0 aliphatic rings. The number of rotatable bonds is 2. The lowest BCUT2D eigenvalue weighted by molar-refractivity contribution is 0.414. The van der Waals surface area contributed by atoms with Gasteiger partial charge in [0.05, 0.1) is 22.2 Å². The van der Waals surface area contributed by atoms with E-state index in [0.29, 0.717) is 15.1 Å². The third kappa shape index (κ3) is 2.74. The number of hydrogen-bond acceptors (Lipinski definition) is 1. The number of aryl methyl sites for hydroxylation is 1. The Balaban J connectivity index is 2.58. The van der Waals surface area contributed by atoms with E-state index in [4.69, 9.17) is 39.5 Å². The molecule has 0 atom stereocenters. The van der Waals surface area contributed by atoms with Crippen LogP contribution in [0.15, 0.2) is 30.3 Å². The van der Waals surface area contributed by atoms with Crippen molar-refractivity contribution in [2.45, 2.75) is 6.92 Å². The van der Waals surface area contributed by atoms with Gasteiger partial charge in [-0.05, 0) is 47.9 Å². The quantitative estimate of drug-likeness (QED) is 0.653. The van der Waals surface area contributed by atoms with Gasteiger partial charge < -0.3 is 4.74 Å². The zero-order valence-electron chi connectivity index (χ0n) is 9.93. The van der Waals surface area contributed by atoms with Gasteiger partial charge in [-0.25, -0.2) is 0 Å². The maximum absolute atomic E-state index is 6.03. The first-order valence-corrected chi connectivity index (χ1v) is 6.45. The van der Waals surface area contributed by atoms with E-state index >= 15 is 0 Å². The summed E-state index contributed by atoms with van der Waals surface area (Å²) in [5.74, 6) is 0.798. The van der Waals surface area contributed by atoms with Crippen LogP contribution in [0.5, 0.6) is 5.75 Å². The van der Waals surface area contributed by atoms with Crippen molar-refractivity contribution in [1.82, 2.24) is 0 Å². The van der Waals surface area contributed by atoms with E-state index in [1.165, 1.54) is 0 Å². The molecule has 4 heteroatoms. The molecule has 0 spiro atoms. The Hall–Kier alpha value is -0.890. The van der Waals surface area contributed by atoms with Crippen molar-refractivity contribution in [3.05, 3.63) is 51.0 Å². The van der Waals surface area contributed by atoms with Gasteiger partial charge in [0, 0.05) is 0 Å². The van der Waals surface area contributed by atoms with Crippen molar-refractivity contribution in [3.63, 3.8) is 0 Å². The lowest BCUT2D eigenvalue weighted by Crippen LogP contribution is -1.87. The van der Waals surface area contributed by atoms with Crippen LogP contribution in [0.2, 0.25) is 15.1 Å². The molecule has 0 saturated carbocycles. The van der Waals surface area contributed by atoms with E-state index in [-0.39, 0.29) is 0 Å². The maximum Gasteiger partial charge on any atom is 0.119 e. The summed E-state index contributed by atoms with van der Waals surface area (Å²) < 4.78 is 5.25. The van der Waals surface area contributed by atoms with Crippen LogP contribution >= 0.6 is 34.8 Å². The number of methoxy groups -OCH3 is 1. The molecule has 0 bridgehead atoms. The van der Waals surface area contributed by atoms with Crippen LogP contribution in [0.25, 0.3) is 11.1 Å². The van der Waals surface area contributed by atoms with Crippen LogP contribution in [0.4, 0.5) is 0 Å². The Labute approximate surface area is 121 Å². The minimum Gasteiger partial charge on any atom is -0.497 e. The summed E-state index contributed by atoms with van der Waals surface area (Å²) in [6.45, 7) is 2.01. The van der Waals surface area contributed by atoms with E-state index < -0.39 is 0 Å². The van der Waals surface area contributed by atoms with E-state index in [1.807, 2.05) is 25.1 Å². The molecule has 0 N–H and O–H groups in total. The van der Waals surface area contributed by atoms with Gasteiger partial charge in [-0.1, -0.05) is 40.9 Å². The Morgan fingerprint density at radius 3 is 1.94 bits per heavy atom. The van der Waals surface area contributed by atoms with Gasteiger partial charge in [-0.15, -0.1) is 0 Å². The lowest BCUT2D eigenvalue weighted by Gasteiger charge is -2.09. The summed E-state index contributed by atoms with van der Waals surface area (Å²) in [7, 11) is 1.64. The number of halogens is 3. The Morgan fingerprint density at radius 1 is 0.833 bits per heavy atom. The van der Waals surface area contributed by atoms with E-state index in [2.05, 4.69) is 0 Å². The van der Waals surface area contributed by atoms with Gasteiger partial charge in [0.2, 0.25) is 0 Å². The highest BCUT2D eigenvalue weighted by molar-refractivity contribution is 6.48. The molecule has 0 heterocycles. The van der Waals surface area contributed by atoms with Crippen LogP contribution in [-0.2, 0) is 0 Å². The summed E-state index contributed by atoms with van der Waals surface area (Å²) in [6.07, 6.45) is 0. The van der Waals surface area contributed by atoms with E-state index in [0.717, 1.165) is 22.4 Å². The molecule has 0 aliphatic heterocycles. The minimum absolute atomic E-state index is 0.377. The van der Waals surface area contributed by atoms with Crippen LogP contribution < -0.4 is 4.74 Å². The van der Waals surface area contributed by atoms with Crippen molar-refractivity contribution in [2.24, 2.45) is 0 Å². The zero-order valence-corrected chi connectivity index (χ0v) is 12.2. The lowest BCUT2D eigenvalue weighted by atomic mass is 10.0. The fourth-order valence-corrected chi connectivity index (χ4v) is 2.35. The molecule has 0 aromatic heterocycles. The molecule has 0 fully saturated rings. The van der Waals surface area contributed by atoms with Crippen LogP contribution in [0.3, 0.4) is 0 Å². The van der Waals surface area contributed by atoms with Crippen LogP contribution in [-0.4, -0.2) is 7.11 Å². The number of hydrogen-bond donors (Lipinski definition) is 0. The molecule has 2 rings (SSSR count). The van der Waals surface area contributed by atoms with Crippen molar-refractivity contribution >= 4 is 34.8 Å². The standard InChI is InChI=1S/C14H11Cl3O/c1-8-3-9(5-11(4-8)18-2)10-6-12(15)14(17)13(16)7-10/h3-7H,1-2H3. The molecule has 0 aliphatic carbocycles. The topological polar surface area (TPSA) is 9.23 Å². The second-order valence-corrected chi connectivity index (χ2v) is 5.19. The van der Waals surface area contributed by atoms with Crippen LogP contribution in [0, 0.1) is 6.92 Å². The first-order chi connectivity index (χ1) is 8.51. The summed E-state index contributed by atoms with van der Waals surface area (Å²) in [4.78, 5) is 0. The largest absolute Gasteiger partial charge is 0.497 e. The summed E-state index contributed by atoms with van der Waals surface area (Å²) in [5, 5.41) is 1.26. The molecule has 0 saturated heterocycles. The predicted octanol–water partition coefficient (Wildman–Crippen LogP) is 5.63. The zero-order chi connectivity index (χ0) is 13.3. The Bertz CT molecular complexity index is 571. The molecule has 0 radical (unpaired) electrons. The van der Waals surface area contributed by atoms with Crippen LogP contribution in [0.1, 0.15) is 5.56 Å². The SMILES string of the molecule is COc1cc(C)cc(-c2cc(Cl)c(Cl)c(Cl)c2)c1. The highest BCUT2D eigenvalue weighted by Crippen LogP contribution is 2.36. The average Bonchev–Trinajstić information content (AvgIpc) is 2.34. The normalized spacial score (nSPS) is 10.5. The molecule has 2 aromatic rings. The smallest absolute Gasteiger partial charge is 0.119 e. The minimum atomic E-state index is 0.377. The first-order valence-electron chi connectivity index (χ1n) is 5.32. The van der Waals surface area contributed by atoms with Gasteiger partial charge in [-0.3, -0.25) is 0 Å². The molecule has 2 aromatic carbocycles. The highest BCUT2D eigenvalue weighted by atomic mass is 35.5. The van der Waals surface area contributed by atoms with Gasteiger partial charge in [0.25, 0.3) is 0 Å². The molecule has 18 heavy (non-hydrogen) atoms. The van der Waals surface area contributed by atoms with Gasteiger partial charge >= 0.3 is 0 Å². The summed E-state index contributed by atoms with van der Waals surface area (Å²) >= 11 is 18.0. The molecular formula is C14H11Cl3O. The van der Waals surface area contributed by atoms with Crippen molar-refractivity contribution in [2.75, 3.05) is 7.11 Å².